The van der Waals surface area contributed by atoms with E-state index >= 15 is 0 Å². The highest BCUT2D eigenvalue weighted by molar-refractivity contribution is 6.31. The minimum absolute atomic E-state index is 0.0631. The summed E-state index contributed by atoms with van der Waals surface area (Å²) in [5, 5.41) is 5.28. The van der Waals surface area contributed by atoms with Crippen molar-refractivity contribution < 1.29 is 0 Å². The summed E-state index contributed by atoms with van der Waals surface area (Å²) in [5.74, 6) is 0. The lowest BCUT2D eigenvalue weighted by Crippen LogP contribution is -2.51. The predicted octanol–water partition coefficient (Wildman–Crippen LogP) is 1.14. The first-order chi connectivity index (χ1) is 9.93. The van der Waals surface area contributed by atoms with Gasteiger partial charge in [-0.25, -0.2) is 0 Å². The van der Waals surface area contributed by atoms with Crippen LogP contribution in [-0.2, 0) is 19.9 Å². The molecule has 1 aliphatic heterocycles. The van der Waals surface area contributed by atoms with Gasteiger partial charge in [0.1, 0.15) is 0 Å². The zero-order valence-electron chi connectivity index (χ0n) is 13.6. The molecule has 2 heterocycles. The zero-order chi connectivity index (χ0) is 15.6. The second-order valence-corrected chi connectivity index (χ2v) is 6.59. The molecule has 1 fully saturated rings. The van der Waals surface area contributed by atoms with E-state index in [-0.39, 0.29) is 6.04 Å². The van der Waals surface area contributed by atoms with Crippen LogP contribution in [0.25, 0.3) is 0 Å². The number of rotatable bonds is 4. The van der Waals surface area contributed by atoms with Crippen molar-refractivity contribution in [2.75, 3.05) is 33.7 Å². The molecule has 2 rings (SSSR count). The van der Waals surface area contributed by atoms with Gasteiger partial charge in [0.2, 0.25) is 0 Å². The molecule has 0 aromatic carbocycles. The second-order valence-electron chi connectivity index (χ2n) is 6.22. The van der Waals surface area contributed by atoms with Gasteiger partial charge in [-0.15, -0.1) is 0 Å². The summed E-state index contributed by atoms with van der Waals surface area (Å²) in [7, 11) is 6.30. The van der Waals surface area contributed by atoms with E-state index < -0.39 is 0 Å². The van der Waals surface area contributed by atoms with Crippen LogP contribution in [0.1, 0.15) is 24.7 Å². The Hall–Kier alpha value is -0.620. The molecule has 0 bridgehead atoms. The Balaban J connectivity index is 2.13. The minimum atomic E-state index is 0.0631. The van der Waals surface area contributed by atoms with Gasteiger partial charge in [-0.3, -0.25) is 4.68 Å². The Kier molecular flexibility index (Phi) is 5.66. The van der Waals surface area contributed by atoms with E-state index in [4.69, 9.17) is 17.3 Å². The van der Waals surface area contributed by atoms with E-state index in [1.54, 1.807) is 0 Å². The molecule has 2 unspecified atom stereocenters. The van der Waals surface area contributed by atoms with Crippen molar-refractivity contribution in [1.29, 1.82) is 0 Å². The van der Waals surface area contributed by atoms with Crippen LogP contribution in [0.2, 0.25) is 5.02 Å². The molecule has 1 aromatic rings. The van der Waals surface area contributed by atoms with Gasteiger partial charge in [-0.1, -0.05) is 18.5 Å². The Bertz CT molecular complexity index is 473. The van der Waals surface area contributed by atoms with Crippen molar-refractivity contribution in [2.24, 2.45) is 12.8 Å². The van der Waals surface area contributed by atoms with E-state index in [9.17, 15) is 0 Å². The molecule has 0 aliphatic carbocycles. The second kappa shape index (κ2) is 7.09. The van der Waals surface area contributed by atoms with Crippen LogP contribution in [0.15, 0.2) is 0 Å². The van der Waals surface area contributed by atoms with E-state index in [0.717, 1.165) is 48.9 Å². The van der Waals surface area contributed by atoms with Crippen molar-refractivity contribution in [3.63, 3.8) is 0 Å². The average molecular weight is 314 g/mol. The van der Waals surface area contributed by atoms with Gasteiger partial charge < -0.3 is 15.5 Å². The Morgan fingerprint density at radius 3 is 2.67 bits per heavy atom. The topological polar surface area (TPSA) is 50.3 Å². The number of nitrogens with zero attached hydrogens (tertiary/aromatic N) is 4. The van der Waals surface area contributed by atoms with Gasteiger partial charge in [0.05, 0.1) is 16.4 Å². The molecular formula is C15H28ClN5. The molecule has 0 amide bonds. The summed E-state index contributed by atoms with van der Waals surface area (Å²) in [6.07, 6.45) is 2.82. The third-order valence-electron chi connectivity index (χ3n) is 4.54. The van der Waals surface area contributed by atoms with Gasteiger partial charge in [-0.05, 0) is 40.0 Å². The van der Waals surface area contributed by atoms with E-state index in [1.165, 1.54) is 6.42 Å². The number of aromatic nitrogens is 2. The highest BCUT2D eigenvalue weighted by atomic mass is 35.5. The van der Waals surface area contributed by atoms with Gasteiger partial charge in [0.15, 0.2) is 0 Å². The summed E-state index contributed by atoms with van der Waals surface area (Å²) in [4.78, 5) is 4.76. The maximum absolute atomic E-state index is 6.52. The molecule has 2 atom stereocenters. The maximum atomic E-state index is 6.52. The highest BCUT2D eigenvalue weighted by Gasteiger charge is 2.28. The van der Waals surface area contributed by atoms with Crippen molar-refractivity contribution in [2.45, 2.75) is 38.3 Å². The molecule has 6 heteroatoms. The molecular weight excluding hydrogens is 286 g/mol. The van der Waals surface area contributed by atoms with Crippen LogP contribution in [0.5, 0.6) is 0 Å². The van der Waals surface area contributed by atoms with Gasteiger partial charge >= 0.3 is 0 Å². The van der Waals surface area contributed by atoms with Crippen molar-refractivity contribution in [1.82, 2.24) is 19.6 Å². The summed E-state index contributed by atoms with van der Waals surface area (Å²) in [6, 6.07) is 0.418. The normalized spacial score (nSPS) is 23.2. The fourth-order valence-electron chi connectivity index (χ4n) is 3.17. The number of aryl methyl sites for hydroxylation is 2. The summed E-state index contributed by atoms with van der Waals surface area (Å²) >= 11 is 6.45. The van der Waals surface area contributed by atoms with Crippen molar-refractivity contribution in [3.05, 3.63) is 16.4 Å². The number of hydrogen-bond acceptors (Lipinski definition) is 4. The summed E-state index contributed by atoms with van der Waals surface area (Å²) in [5.41, 5.74) is 8.55. The van der Waals surface area contributed by atoms with Gasteiger partial charge in [0.25, 0.3) is 0 Å². The molecule has 0 saturated carbocycles. The molecule has 120 valence electrons. The van der Waals surface area contributed by atoms with Gasteiger partial charge in [-0.2, -0.15) is 5.10 Å². The van der Waals surface area contributed by atoms with Crippen LogP contribution in [0.3, 0.4) is 0 Å². The van der Waals surface area contributed by atoms with E-state index in [1.807, 2.05) is 11.7 Å². The Morgan fingerprint density at radius 1 is 1.33 bits per heavy atom. The first-order valence-corrected chi connectivity index (χ1v) is 8.16. The monoisotopic (exact) mass is 313 g/mol. The smallest absolute Gasteiger partial charge is 0.0850 e. The maximum Gasteiger partial charge on any atom is 0.0850 e. The SMILES string of the molecule is CCc1nn(C)c(CC(N)C2CN(C)CCCN2C)c1Cl. The predicted molar refractivity (Wildman–Crippen MR) is 87.8 cm³/mol. The molecule has 21 heavy (non-hydrogen) atoms. The number of halogens is 1. The fourth-order valence-corrected chi connectivity index (χ4v) is 3.54. The largest absolute Gasteiger partial charge is 0.326 e. The third kappa shape index (κ3) is 3.77. The molecule has 0 spiro atoms. The lowest BCUT2D eigenvalue weighted by atomic mass is 10.0. The van der Waals surface area contributed by atoms with E-state index in [2.05, 4.69) is 35.9 Å². The lowest BCUT2D eigenvalue weighted by molar-refractivity contribution is 0.194. The molecule has 5 nitrogen and oxygen atoms in total. The van der Waals surface area contributed by atoms with Gasteiger partial charge in [0, 0.05) is 32.1 Å². The average Bonchev–Trinajstić information content (AvgIpc) is 2.60. The fraction of sp³-hybridized carbons (Fsp3) is 0.800. The quantitative estimate of drug-likeness (QED) is 0.906. The minimum Gasteiger partial charge on any atom is -0.326 e. The third-order valence-corrected chi connectivity index (χ3v) is 4.98. The molecule has 1 aliphatic rings. The highest BCUT2D eigenvalue weighted by Crippen LogP contribution is 2.23. The van der Waals surface area contributed by atoms with Crippen LogP contribution >= 0.6 is 11.6 Å². The Labute approximate surface area is 133 Å². The summed E-state index contributed by atoms with van der Waals surface area (Å²) < 4.78 is 1.89. The van der Waals surface area contributed by atoms with Crippen LogP contribution in [0, 0.1) is 0 Å². The first-order valence-electron chi connectivity index (χ1n) is 7.78. The zero-order valence-corrected chi connectivity index (χ0v) is 14.4. The molecule has 1 saturated heterocycles. The number of hydrogen-bond donors (Lipinski definition) is 1. The van der Waals surface area contributed by atoms with Crippen molar-refractivity contribution >= 4 is 11.6 Å². The number of likely N-dealkylation sites (N-methyl/N-ethyl adjacent to an activating group) is 2. The van der Waals surface area contributed by atoms with E-state index in [0.29, 0.717) is 6.04 Å². The number of nitrogens with two attached hydrogens (primary N) is 1. The molecule has 2 N–H and O–H groups in total. The molecule has 0 radical (unpaired) electrons. The van der Waals surface area contributed by atoms with Crippen molar-refractivity contribution in [3.8, 4) is 0 Å². The lowest BCUT2D eigenvalue weighted by Gasteiger charge is -2.32. The first kappa shape index (κ1) is 16.7. The summed E-state index contributed by atoms with van der Waals surface area (Å²) in [6.45, 7) is 5.32. The van der Waals surface area contributed by atoms with Crippen LogP contribution < -0.4 is 5.73 Å². The Morgan fingerprint density at radius 2 is 2.05 bits per heavy atom. The van der Waals surface area contributed by atoms with Crippen LogP contribution in [-0.4, -0.2) is 65.4 Å². The molecule has 1 aromatic heterocycles. The van der Waals surface area contributed by atoms with Crippen LogP contribution in [0.4, 0.5) is 0 Å². The standard InChI is InChI=1S/C15H28ClN5/c1-5-12-15(16)13(21(4)18-12)9-11(17)14-10-19(2)7-6-8-20(14)3/h11,14H,5-10,17H2,1-4H3.